The van der Waals surface area contributed by atoms with Crippen LogP contribution in [0.25, 0.3) is 44.6 Å². The summed E-state index contributed by atoms with van der Waals surface area (Å²) in [5, 5.41) is 62.4. The number of halogens is 3. The molecule has 22 nitrogen and oxygen atoms in total. The van der Waals surface area contributed by atoms with Crippen molar-refractivity contribution in [2.24, 2.45) is 0 Å². The molecule has 388 valence electrons. The van der Waals surface area contributed by atoms with Crippen molar-refractivity contribution in [2.45, 2.75) is 36.5 Å². The molecule has 2 spiro atoms. The predicted octanol–water partition coefficient (Wildman–Crippen LogP) is -0.894. The monoisotopic (exact) mass is 1240 g/mol. The second-order valence-corrected chi connectivity index (χ2v) is 19.0. The summed E-state index contributed by atoms with van der Waals surface area (Å²) in [5.74, 6) is -5.34. The van der Waals surface area contributed by atoms with Crippen molar-refractivity contribution in [2.75, 3.05) is 14.2 Å². The molecule has 0 aliphatic heterocycles. The van der Waals surface area contributed by atoms with Crippen molar-refractivity contribution in [1.29, 1.82) is 0 Å². The minimum absolute atomic E-state index is 0.0300. The third-order valence-electron chi connectivity index (χ3n) is 14.9. The molecular weight excluding hydrogens is 1210 g/mol. The Morgan fingerprint density at radius 3 is 1.36 bits per heavy atom. The number of methoxy groups -OCH3 is 2. The summed E-state index contributed by atoms with van der Waals surface area (Å²) in [4.78, 5) is 157. The van der Waals surface area contributed by atoms with E-state index in [1.807, 2.05) is 0 Å². The summed E-state index contributed by atoms with van der Waals surface area (Å²) in [6.07, 6.45) is 0.844. The van der Waals surface area contributed by atoms with Gasteiger partial charge in [0.05, 0.1) is 78.1 Å². The van der Waals surface area contributed by atoms with Gasteiger partial charge in [-0.05, 0) is 70.3 Å². The molecule has 0 saturated carbocycles. The lowest BCUT2D eigenvalue weighted by atomic mass is 9.78. The van der Waals surface area contributed by atoms with Crippen LogP contribution in [-0.2, 0) is 23.7 Å². The number of H-pyrrole nitrogens is 2. The van der Waals surface area contributed by atoms with Crippen LogP contribution in [0, 0.1) is 20.9 Å². The molecule has 0 amide bonds. The number of carbonyl (C=O) groups excluding carboxylic acids is 2. The van der Waals surface area contributed by atoms with Crippen molar-refractivity contribution < 1.29 is 49.7 Å². The van der Waals surface area contributed by atoms with Gasteiger partial charge in [0.15, 0.2) is 34.9 Å². The molecule has 77 heavy (non-hydrogen) atoms. The minimum atomic E-state index is -2.01. The largest absolute Gasteiger partial charge is 0.510 e. The molecule has 2 atom stereocenters. The number of aliphatic hydroxyl groups excluding tert-OH is 4. The van der Waals surface area contributed by atoms with Crippen molar-refractivity contribution in [3.63, 3.8) is 0 Å². The Labute approximate surface area is 445 Å². The highest BCUT2D eigenvalue weighted by atomic mass is 80.9. The van der Waals surface area contributed by atoms with Crippen LogP contribution in [0.2, 0.25) is 0 Å². The fourth-order valence-electron chi connectivity index (χ4n) is 11.7. The van der Waals surface area contributed by atoms with E-state index in [0.29, 0.717) is 28.2 Å². The number of hydrogen-bond donors (Lipinski definition) is 8. The number of aromatic hydroxyl groups is 2. The molecule has 0 fully saturated rings. The van der Waals surface area contributed by atoms with E-state index in [2.05, 4.69) is 54.2 Å². The highest BCUT2D eigenvalue weighted by molar-refractivity contribution is 9.93. The number of phenolic OH excluding ortho intramolecular Hbond substituents is 2. The van der Waals surface area contributed by atoms with Gasteiger partial charge in [0.1, 0.15) is 45.4 Å². The van der Waals surface area contributed by atoms with Gasteiger partial charge in [-0.3, -0.25) is 57.5 Å². The van der Waals surface area contributed by atoms with Crippen LogP contribution in [0.15, 0.2) is 82.7 Å². The molecular formula is C52H29Br3N2O20. The molecule has 12 rings (SSSR count). The van der Waals surface area contributed by atoms with Crippen LogP contribution >= 0.6 is 44.2 Å². The summed E-state index contributed by atoms with van der Waals surface area (Å²) >= 11 is 8.89. The molecule has 2 aromatic heterocycles. The van der Waals surface area contributed by atoms with Crippen LogP contribution in [0.4, 0.5) is 0 Å². The second kappa shape index (κ2) is 17.7. The fourth-order valence-corrected chi connectivity index (χ4v) is 12.4. The summed E-state index contributed by atoms with van der Waals surface area (Å²) in [5.41, 5.74) is -13.8. The third-order valence-corrected chi connectivity index (χ3v) is 15.8. The number of ether oxygens (including phenoxy) is 2. The quantitative estimate of drug-likeness (QED) is 0.0991. The van der Waals surface area contributed by atoms with Gasteiger partial charge in [-0.1, -0.05) is 6.07 Å². The number of aldehydes is 2. The molecule has 8 aliphatic carbocycles. The maximum atomic E-state index is 13.5. The molecule has 0 bridgehead atoms. The van der Waals surface area contributed by atoms with E-state index in [-0.39, 0.29) is 69.7 Å². The van der Waals surface area contributed by atoms with Gasteiger partial charge in [-0.15, -0.1) is 0 Å². The Hall–Kier alpha value is -8.68. The number of carbonyl (C=O) groups is 2. The fraction of sp³-hybridized carbons (Fsp3) is 0.154. The number of phenols is 2. The lowest BCUT2D eigenvalue weighted by Gasteiger charge is -2.27. The number of nitrogens with one attached hydrogen (secondary N) is 2. The van der Waals surface area contributed by atoms with Gasteiger partial charge in [-0.2, -0.15) is 0 Å². The number of hydrogen-bond acceptors (Lipinski definition) is 20. The molecule has 0 radical (unpaired) electrons. The standard InChI is InChI=1S/C26H14BrNO10.C26H15NO10.Br2/c1-38-11-5-10(30)13-14(19(11)31)21(33)16-15(20(13)32)23(35)26(24(16)36)3-2-8-17(26)22(34)12-9(18(8)27)4-7(6-29)28-25(12)37;1-37-12-6-11(29)14-15(19(12)30)21(32)17-16(20(14)31)23(34)26(24(17)35)3-2-8-4-9-5-10(7-28)27-25(36)13(9)22(33)18(8)26;1-2/h4-6,34-36H,2-3H2,1H3,(H,28,37);4-7,33-35H,2-3H2,1H3,(H,27,36);. The van der Waals surface area contributed by atoms with E-state index in [9.17, 15) is 88.2 Å². The van der Waals surface area contributed by atoms with Crippen LogP contribution in [-0.4, -0.2) is 67.4 Å². The van der Waals surface area contributed by atoms with Gasteiger partial charge in [-0.25, -0.2) is 0 Å². The highest BCUT2D eigenvalue weighted by Gasteiger charge is 2.55. The average Bonchev–Trinajstić information content (AvgIpc) is 4.25. The van der Waals surface area contributed by atoms with E-state index in [1.54, 1.807) is 0 Å². The van der Waals surface area contributed by atoms with Crippen LogP contribution in [0.3, 0.4) is 0 Å². The van der Waals surface area contributed by atoms with Crippen molar-refractivity contribution in [1.82, 2.24) is 9.97 Å². The molecule has 2 unspecified atom stereocenters. The first kappa shape index (κ1) is 51.8. The van der Waals surface area contributed by atoms with E-state index in [0.717, 1.165) is 26.4 Å². The first-order valence-corrected chi connectivity index (χ1v) is 26.8. The van der Waals surface area contributed by atoms with Gasteiger partial charge in [0.25, 0.3) is 11.1 Å². The van der Waals surface area contributed by atoms with E-state index < -0.39 is 153 Å². The zero-order valence-electron chi connectivity index (χ0n) is 38.9. The Morgan fingerprint density at radius 2 is 0.909 bits per heavy atom. The lowest BCUT2D eigenvalue weighted by molar-refractivity contribution is 0.111. The zero-order valence-corrected chi connectivity index (χ0v) is 43.7. The molecule has 2 aromatic carbocycles. The number of aliphatic hydroxyl groups is 4. The second-order valence-electron chi connectivity index (χ2n) is 18.2. The number of benzene rings is 2. The van der Waals surface area contributed by atoms with E-state index >= 15 is 0 Å². The van der Waals surface area contributed by atoms with Gasteiger partial charge >= 0.3 is 0 Å². The predicted molar refractivity (Wildman–Crippen MR) is 283 cm³/mol. The number of fused-ring (bicyclic) bond motifs is 8. The van der Waals surface area contributed by atoms with Crippen LogP contribution in [0.5, 0.6) is 23.0 Å². The molecule has 8 aliphatic rings. The third kappa shape index (κ3) is 6.43. The number of aryl methyl sites for hydroxylation is 1. The van der Waals surface area contributed by atoms with Crippen LogP contribution < -0.4 is 84.9 Å². The maximum absolute atomic E-state index is 13.5. The summed E-state index contributed by atoms with van der Waals surface area (Å²) in [7, 11) is 2.22. The maximum Gasteiger partial charge on any atom is 0.260 e. The minimum Gasteiger partial charge on any atom is -0.510 e. The molecule has 2 heterocycles. The van der Waals surface area contributed by atoms with E-state index in [4.69, 9.17) is 9.47 Å². The number of rotatable bonds is 4. The first-order valence-electron chi connectivity index (χ1n) is 22.3. The number of aromatic amines is 2. The summed E-state index contributed by atoms with van der Waals surface area (Å²) < 4.78 is 10.0. The Balaban J connectivity index is 0.000000169. The highest BCUT2D eigenvalue weighted by Crippen LogP contribution is 2.57. The molecule has 25 heteroatoms. The Morgan fingerprint density at radius 1 is 0.506 bits per heavy atom. The molecule has 4 aromatic rings. The van der Waals surface area contributed by atoms with Gasteiger partial charge in [0.2, 0.25) is 32.6 Å². The summed E-state index contributed by atoms with van der Waals surface area (Å²) in [6, 6.07) is 5.73. The average molecular weight is 1240 g/mol. The zero-order chi connectivity index (χ0) is 56.0. The van der Waals surface area contributed by atoms with Crippen LogP contribution in [0.1, 0.15) is 56.1 Å². The topological polar surface area (TPSA) is 376 Å². The van der Waals surface area contributed by atoms with E-state index in [1.165, 1.54) is 18.2 Å². The molecule has 8 N–H and O–H groups in total. The number of pyridine rings is 2. The van der Waals surface area contributed by atoms with Crippen molar-refractivity contribution >= 4 is 101 Å². The Kier molecular flexibility index (Phi) is 11.9. The Bertz CT molecular complexity index is 5200. The molecule has 0 saturated heterocycles. The lowest BCUT2D eigenvalue weighted by Crippen LogP contribution is -2.51. The van der Waals surface area contributed by atoms with Crippen molar-refractivity contribution in [3.8, 4) is 23.0 Å². The van der Waals surface area contributed by atoms with Crippen molar-refractivity contribution in [3.05, 3.63) is 213 Å². The SMILES string of the molecule is BrBr.COc1cc(=O)c2c(=O)c3c(c(=O)c=2c1=O)=C(O)C1(CCc2c1c(O)c1c(=O)[nH]c(C=O)cc1c2Br)C=3O.COc1cc(=O)c2c(=O)c3c(c(=O)c=2c1=O)=C(O)C1(CCc2cc4cc(C=O)[nH]c(=O)c4c(O)c21)C=3O. The number of aromatic nitrogens is 2. The smallest absolute Gasteiger partial charge is 0.260 e. The van der Waals surface area contributed by atoms with Gasteiger partial charge < -0.3 is 50.1 Å². The first-order chi connectivity index (χ1) is 36.6. The summed E-state index contributed by atoms with van der Waals surface area (Å²) in [6.45, 7) is 0. The van der Waals surface area contributed by atoms with Gasteiger partial charge in [0, 0.05) is 61.4 Å². The normalized spacial score (nSPS) is 17.6.